The number of nitrogens with zero attached hydrogens (tertiary/aromatic N) is 1. The maximum Gasteiger partial charge on any atom is 0.225 e. The molecule has 0 saturated carbocycles. The van der Waals surface area contributed by atoms with Crippen molar-refractivity contribution in [1.29, 1.82) is 0 Å². The molecule has 0 bridgehead atoms. The third-order valence-electron chi connectivity index (χ3n) is 5.21. The van der Waals surface area contributed by atoms with E-state index < -0.39 is 0 Å². The summed E-state index contributed by atoms with van der Waals surface area (Å²) in [5.74, 6) is 1.68. The summed E-state index contributed by atoms with van der Waals surface area (Å²) in [5.41, 5.74) is 0.969. The number of benzene rings is 1. The van der Waals surface area contributed by atoms with Crippen LogP contribution < -0.4 is 14.8 Å². The molecule has 0 unspecified atom stereocenters. The number of rotatable bonds is 6. The van der Waals surface area contributed by atoms with Gasteiger partial charge in [-0.15, -0.1) is 0 Å². The van der Waals surface area contributed by atoms with Gasteiger partial charge in [0.2, 0.25) is 11.8 Å². The quantitative estimate of drug-likeness (QED) is 0.828. The van der Waals surface area contributed by atoms with Crippen LogP contribution in [0, 0.1) is 5.92 Å². The minimum Gasteiger partial charge on any atom is -0.486 e. The first-order valence-electron chi connectivity index (χ1n) is 9.64. The first kappa shape index (κ1) is 18.4. The Bertz CT molecular complexity index is 848. The van der Waals surface area contributed by atoms with Gasteiger partial charge in [-0.3, -0.25) is 9.59 Å². The minimum atomic E-state index is -0.353. The van der Waals surface area contributed by atoms with Crippen LogP contribution in [-0.4, -0.2) is 36.5 Å². The van der Waals surface area contributed by atoms with E-state index in [1.807, 2.05) is 31.2 Å². The molecule has 0 spiro atoms. The van der Waals surface area contributed by atoms with Gasteiger partial charge in [0.05, 0.1) is 24.8 Å². The predicted molar refractivity (Wildman–Crippen MR) is 101 cm³/mol. The van der Waals surface area contributed by atoms with Crippen molar-refractivity contribution >= 4 is 11.8 Å². The van der Waals surface area contributed by atoms with E-state index >= 15 is 0 Å². The molecule has 2 aromatic rings. The third kappa shape index (κ3) is 3.83. The summed E-state index contributed by atoms with van der Waals surface area (Å²) in [6, 6.07) is 9.23. The van der Waals surface area contributed by atoms with Crippen LogP contribution in [0.2, 0.25) is 0 Å². The van der Waals surface area contributed by atoms with Crippen LogP contribution in [0.3, 0.4) is 0 Å². The molecule has 2 aliphatic heterocycles. The second-order valence-electron chi connectivity index (χ2n) is 7.13. The van der Waals surface area contributed by atoms with E-state index in [2.05, 4.69) is 5.32 Å². The summed E-state index contributed by atoms with van der Waals surface area (Å²) in [7, 11) is 0. The Kier molecular flexibility index (Phi) is 5.23. The summed E-state index contributed by atoms with van der Waals surface area (Å²) in [5, 5.41) is 3.09. The zero-order valence-corrected chi connectivity index (χ0v) is 15.8. The fraction of sp³-hybridized carbons (Fsp3) is 0.429. The van der Waals surface area contributed by atoms with Gasteiger partial charge in [-0.05, 0) is 36.2 Å². The van der Waals surface area contributed by atoms with E-state index in [0.29, 0.717) is 32.1 Å². The number of carbonyl (C=O) groups excluding carboxylic acids is 2. The molecule has 3 heterocycles. The van der Waals surface area contributed by atoms with Crippen molar-refractivity contribution in [3.8, 4) is 11.5 Å². The van der Waals surface area contributed by atoms with Crippen LogP contribution in [0.25, 0.3) is 0 Å². The van der Waals surface area contributed by atoms with Gasteiger partial charge < -0.3 is 24.1 Å². The standard InChI is InChI=1S/C21H24N2O5/c1-2-17(14-5-6-18-19(10-14)28-9-8-27-18)22-21(25)15-11-20(24)23(12-15)13-16-4-3-7-26-16/h3-7,10,15,17H,2,8-9,11-13H2,1H3,(H,22,25)/t15-,17-/m0/s1. The number of furan rings is 1. The van der Waals surface area contributed by atoms with E-state index in [-0.39, 0.29) is 30.2 Å². The molecule has 0 aliphatic carbocycles. The van der Waals surface area contributed by atoms with Crippen molar-refractivity contribution < 1.29 is 23.5 Å². The van der Waals surface area contributed by atoms with Crippen molar-refractivity contribution in [1.82, 2.24) is 10.2 Å². The normalized spacial score (nSPS) is 19.5. The first-order chi connectivity index (χ1) is 13.6. The molecule has 1 fully saturated rings. The minimum absolute atomic E-state index is 0.0241. The maximum absolute atomic E-state index is 12.8. The Labute approximate surface area is 163 Å². The van der Waals surface area contributed by atoms with Gasteiger partial charge in [0.25, 0.3) is 0 Å². The van der Waals surface area contributed by atoms with E-state index in [1.54, 1.807) is 17.2 Å². The summed E-state index contributed by atoms with van der Waals surface area (Å²) in [6.45, 7) is 3.89. The molecule has 7 nitrogen and oxygen atoms in total. The highest BCUT2D eigenvalue weighted by Crippen LogP contribution is 2.33. The van der Waals surface area contributed by atoms with Gasteiger partial charge in [-0.2, -0.15) is 0 Å². The SMILES string of the molecule is CC[C@H](NC(=O)[C@H]1CC(=O)N(Cc2ccco2)C1)c1ccc2c(c1)OCCO2. The number of nitrogens with one attached hydrogen (secondary N) is 1. The monoisotopic (exact) mass is 384 g/mol. The van der Waals surface area contributed by atoms with Crippen LogP contribution in [0.5, 0.6) is 11.5 Å². The fourth-order valence-electron chi connectivity index (χ4n) is 3.68. The lowest BCUT2D eigenvalue weighted by Gasteiger charge is -2.23. The van der Waals surface area contributed by atoms with E-state index in [1.165, 1.54) is 0 Å². The zero-order chi connectivity index (χ0) is 19.5. The fourth-order valence-corrected chi connectivity index (χ4v) is 3.68. The number of hydrogen-bond donors (Lipinski definition) is 1. The average Bonchev–Trinajstić information content (AvgIpc) is 3.36. The molecule has 1 saturated heterocycles. The Morgan fingerprint density at radius 2 is 2.07 bits per heavy atom. The van der Waals surface area contributed by atoms with Gasteiger partial charge in [0.15, 0.2) is 11.5 Å². The van der Waals surface area contributed by atoms with Gasteiger partial charge in [-0.1, -0.05) is 13.0 Å². The average molecular weight is 384 g/mol. The van der Waals surface area contributed by atoms with Gasteiger partial charge in [0.1, 0.15) is 19.0 Å². The Hall–Kier alpha value is -2.96. The van der Waals surface area contributed by atoms with Crippen LogP contribution in [0.1, 0.15) is 37.1 Å². The molecule has 148 valence electrons. The first-order valence-corrected chi connectivity index (χ1v) is 9.64. The number of fused-ring (bicyclic) bond motifs is 1. The predicted octanol–water partition coefficient (Wildman–Crippen LogP) is 2.67. The molecular weight excluding hydrogens is 360 g/mol. The number of ether oxygens (including phenoxy) is 2. The molecule has 2 aliphatic rings. The molecule has 2 atom stereocenters. The van der Waals surface area contributed by atoms with Crippen LogP contribution in [0.4, 0.5) is 0 Å². The lowest BCUT2D eigenvalue weighted by atomic mass is 10.0. The number of likely N-dealkylation sites (tertiary alicyclic amines) is 1. The van der Waals surface area contributed by atoms with Crippen molar-refractivity contribution in [2.24, 2.45) is 5.92 Å². The molecular formula is C21H24N2O5. The lowest BCUT2D eigenvalue weighted by molar-refractivity contribution is -0.129. The molecule has 1 aromatic carbocycles. The molecule has 1 N–H and O–H groups in total. The third-order valence-corrected chi connectivity index (χ3v) is 5.21. The van der Waals surface area contributed by atoms with Crippen molar-refractivity contribution in [2.45, 2.75) is 32.4 Å². The van der Waals surface area contributed by atoms with Crippen molar-refractivity contribution in [3.05, 3.63) is 47.9 Å². The Morgan fingerprint density at radius 1 is 1.25 bits per heavy atom. The summed E-state index contributed by atoms with van der Waals surface area (Å²) >= 11 is 0. The van der Waals surface area contributed by atoms with Gasteiger partial charge in [0, 0.05) is 13.0 Å². The highest BCUT2D eigenvalue weighted by molar-refractivity contribution is 5.89. The zero-order valence-electron chi connectivity index (χ0n) is 15.8. The Balaban J connectivity index is 1.40. The molecule has 0 radical (unpaired) electrons. The molecule has 1 aromatic heterocycles. The summed E-state index contributed by atoms with van der Waals surface area (Å²) in [4.78, 5) is 26.8. The van der Waals surface area contributed by atoms with Crippen molar-refractivity contribution in [2.75, 3.05) is 19.8 Å². The lowest BCUT2D eigenvalue weighted by Crippen LogP contribution is -2.35. The van der Waals surface area contributed by atoms with E-state index in [0.717, 1.165) is 23.5 Å². The highest BCUT2D eigenvalue weighted by Gasteiger charge is 2.35. The number of carbonyl (C=O) groups is 2. The van der Waals surface area contributed by atoms with Crippen LogP contribution in [0.15, 0.2) is 41.0 Å². The van der Waals surface area contributed by atoms with E-state index in [9.17, 15) is 9.59 Å². The maximum atomic E-state index is 12.8. The summed E-state index contributed by atoms with van der Waals surface area (Å²) < 4.78 is 16.5. The number of hydrogen-bond acceptors (Lipinski definition) is 5. The second-order valence-corrected chi connectivity index (χ2v) is 7.13. The smallest absolute Gasteiger partial charge is 0.225 e. The van der Waals surface area contributed by atoms with Gasteiger partial charge in [-0.25, -0.2) is 0 Å². The topological polar surface area (TPSA) is 81.0 Å². The molecule has 7 heteroatoms. The van der Waals surface area contributed by atoms with Gasteiger partial charge >= 0.3 is 0 Å². The second kappa shape index (κ2) is 7.96. The van der Waals surface area contributed by atoms with Crippen LogP contribution in [-0.2, 0) is 16.1 Å². The molecule has 28 heavy (non-hydrogen) atoms. The summed E-state index contributed by atoms with van der Waals surface area (Å²) in [6.07, 6.45) is 2.55. The highest BCUT2D eigenvalue weighted by atomic mass is 16.6. The largest absolute Gasteiger partial charge is 0.486 e. The number of amides is 2. The Morgan fingerprint density at radius 3 is 2.82 bits per heavy atom. The van der Waals surface area contributed by atoms with E-state index in [4.69, 9.17) is 13.9 Å². The molecule has 4 rings (SSSR count). The molecule has 2 amide bonds. The van der Waals surface area contributed by atoms with Crippen LogP contribution >= 0.6 is 0 Å². The van der Waals surface area contributed by atoms with Crippen molar-refractivity contribution in [3.63, 3.8) is 0 Å².